The van der Waals surface area contributed by atoms with Crippen molar-refractivity contribution in [1.82, 2.24) is 15.5 Å². The number of nitrogens with zero attached hydrogens (tertiary/aromatic N) is 2. The topological polar surface area (TPSA) is 63.0 Å². The normalized spacial score (nSPS) is 18.9. The van der Waals surface area contributed by atoms with E-state index in [1.165, 1.54) is 19.3 Å². The first-order valence-corrected chi connectivity index (χ1v) is 8.27. The van der Waals surface area contributed by atoms with Gasteiger partial charge in [-0.3, -0.25) is 0 Å². The van der Waals surface area contributed by atoms with Crippen molar-refractivity contribution in [2.45, 2.75) is 50.3 Å². The van der Waals surface area contributed by atoms with Crippen LogP contribution in [0.1, 0.15) is 51.5 Å². The Balaban J connectivity index is 1.83. The summed E-state index contributed by atoms with van der Waals surface area (Å²) in [5.74, 6) is 0.655. The molecule has 0 bridgehead atoms. The molecule has 0 aromatic carbocycles. The number of rotatable bonds is 8. The lowest BCUT2D eigenvalue weighted by atomic mass is 9.84. The Morgan fingerprint density at radius 3 is 2.79 bits per heavy atom. The average Bonchev–Trinajstić information content (AvgIpc) is 2.84. The molecule has 0 amide bonds. The lowest BCUT2D eigenvalue weighted by Gasteiger charge is -2.40. The second-order valence-electron chi connectivity index (χ2n) is 5.22. The zero-order chi connectivity index (χ0) is 13.7. The van der Waals surface area contributed by atoms with Crippen LogP contribution in [0.2, 0.25) is 0 Å². The van der Waals surface area contributed by atoms with Gasteiger partial charge in [-0.25, -0.2) is 0 Å². The summed E-state index contributed by atoms with van der Waals surface area (Å²) in [4.78, 5) is 0. The van der Waals surface area contributed by atoms with Gasteiger partial charge in [0.05, 0.1) is 6.04 Å². The summed E-state index contributed by atoms with van der Waals surface area (Å²) in [5, 5.41) is 14.8. The van der Waals surface area contributed by atoms with E-state index in [-0.39, 0.29) is 6.04 Å². The van der Waals surface area contributed by atoms with Gasteiger partial charge in [-0.15, -0.1) is 5.10 Å². The molecule has 1 fully saturated rings. The predicted octanol–water partition coefficient (Wildman–Crippen LogP) is 2.83. The van der Waals surface area contributed by atoms with E-state index in [0.717, 1.165) is 19.5 Å². The van der Waals surface area contributed by atoms with Crippen LogP contribution in [0, 0.1) is 0 Å². The number of hydrogen-bond acceptors (Lipinski definition) is 6. The number of hydrogen-bond donors (Lipinski definition) is 2. The summed E-state index contributed by atoms with van der Waals surface area (Å²) in [5.41, 5.74) is 0. The van der Waals surface area contributed by atoms with Gasteiger partial charge in [0.1, 0.15) is 0 Å². The minimum atomic E-state index is 0.112. The van der Waals surface area contributed by atoms with Gasteiger partial charge >= 0.3 is 6.01 Å². The zero-order valence-corrected chi connectivity index (χ0v) is 12.8. The van der Waals surface area contributed by atoms with Crippen LogP contribution in [0.3, 0.4) is 0 Å². The molecule has 2 rings (SSSR count). The Kier molecular flexibility index (Phi) is 5.10. The van der Waals surface area contributed by atoms with Crippen molar-refractivity contribution in [3.05, 3.63) is 5.89 Å². The maximum atomic E-state index is 5.65. The third kappa shape index (κ3) is 3.63. The van der Waals surface area contributed by atoms with Crippen LogP contribution < -0.4 is 10.6 Å². The van der Waals surface area contributed by atoms with Gasteiger partial charge in [0.2, 0.25) is 5.89 Å². The van der Waals surface area contributed by atoms with Crippen LogP contribution in [0.4, 0.5) is 6.01 Å². The molecule has 0 radical (unpaired) electrons. The van der Waals surface area contributed by atoms with Crippen molar-refractivity contribution >= 4 is 17.8 Å². The van der Waals surface area contributed by atoms with Crippen LogP contribution >= 0.6 is 11.8 Å². The molecular formula is C13H24N4OS. The first-order valence-electron chi connectivity index (χ1n) is 7.05. The fraction of sp³-hybridized carbons (Fsp3) is 0.846. The van der Waals surface area contributed by atoms with Gasteiger partial charge in [-0.2, -0.15) is 11.8 Å². The Bertz CT molecular complexity index is 386. The van der Waals surface area contributed by atoms with Gasteiger partial charge in [0.15, 0.2) is 0 Å². The van der Waals surface area contributed by atoms with Crippen molar-refractivity contribution in [2.75, 3.05) is 24.7 Å². The molecule has 5 nitrogen and oxygen atoms in total. The molecule has 6 heteroatoms. The highest BCUT2D eigenvalue weighted by Gasteiger charge is 2.36. The summed E-state index contributed by atoms with van der Waals surface area (Å²) in [6, 6.07) is 0.654. The van der Waals surface area contributed by atoms with Gasteiger partial charge in [-0.1, -0.05) is 18.4 Å². The summed E-state index contributed by atoms with van der Waals surface area (Å²) in [6.45, 7) is 6.05. The van der Waals surface area contributed by atoms with Crippen LogP contribution in [0.5, 0.6) is 0 Å². The van der Waals surface area contributed by atoms with Crippen molar-refractivity contribution in [3.8, 4) is 0 Å². The Labute approximate surface area is 119 Å². The van der Waals surface area contributed by atoms with E-state index >= 15 is 0 Å². The quantitative estimate of drug-likeness (QED) is 0.765. The molecule has 0 saturated heterocycles. The number of aromatic nitrogens is 2. The highest BCUT2D eigenvalue weighted by Crippen LogP contribution is 2.42. The van der Waals surface area contributed by atoms with E-state index in [1.807, 2.05) is 18.7 Å². The minimum Gasteiger partial charge on any atom is -0.406 e. The molecule has 1 atom stereocenters. The Morgan fingerprint density at radius 1 is 1.42 bits per heavy atom. The van der Waals surface area contributed by atoms with E-state index in [4.69, 9.17) is 4.42 Å². The molecule has 1 saturated carbocycles. The summed E-state index contributed by atoms with van der Waals surface area (Å²) in [7, 11) is 0. The first-order chi connectivity index (χ1) is 9.19. The molecular weight excluding hydrogens is 260 g/mol. The van der Waals surface area contributed by atoms with Crippen molar-refractivity contribution in [2.24, 2.45) is 0 Å². The second kappa shape index (κ2) is 6.61. The van der Waals surface area contributed by atoms with Crippen LogP contribution in [0.25, 0.3) is 0 Å². The number of anilines is 1. The van der Waals surface area contributed by atoms with E-state index in [9.17, 15) is 0 Å². The summed E-state index contributed by atoms with van der Waals surface area (Å²) < 4.78 is 6.02. The molecule has 2 N–H and O–H groups in total. The molecule has 108 valence electrons. The van der Waals surface area contributed by atoms with Crippen molar-refractivity contribution in [1.29, 1.82) is 0 Å². The fourth-order valence-corrected chi connectivity index (χ4v) is 3.10. The number of nitrogens with one attached hydrogen (secondary N) is 2. The van der Waals surface area contributed by atoms with E-state index in [1.54, 1.807) is 0 Å². The summed E-state index contributed by atoms with van der Waals surface area (Å²) in [6.07, 6.45) is 7.15. The molecule has 1 aliphatic rings. The van der Waals surface area contributed by atoms with Crippen LogP contribution in [0.15, 0.2) is 4.42 Å². The van der Waals surface area contributed by atoms with E-state index in [0.29, 0.717) is 16.7 Å². The van der Waals surface area contributed by atoms with E-state index < -0.39 is 0 Å². The second-order valence-corrected chi connectivity index (χ2v) is 6.49. The molecule has 0 aliphatic heterocycles. The van der Waals surface area contributed by atoms with Crippen LogP contribution in [-0.4, -0.2) is 34.3 Å². The van der Waals surface area contributed by atoms with E-state index in [2.05, 4.69) is 34.0 Å². The average molecular weight is 284 g/mol. The van der Waals surface area contributed by atoms with Gasteiger partial charge in [0, 0.05) is 11.3 Å². The molecule has 1 heterocycles. The standard InChI is InChI=1S/C13H24N4OS/c1-4-8-14-10(2)11-16-17-12(18-11)15-9-13(19-3)6-5-7-13/h10,14H,4-9H2,1-3H3,(H,15,17). The maximum absolute atomic E-state index is 5.65. The fourth-order valence-electron chi connectivity index (χ4n) is 2.19. The first kappa shape index (κ1) is 14.7. The third-order valence-corrected chi connectivity index (χ3v) is 5.19. The van der Waals surface area contributed by atoms with Gasteiger partial charge in [-0.05, 0) is 39.0 Å². The third-order valence-electron chi connectivity index (χ3n) is 3.77. The molecule has 1 aromatic heterocycles. The maximum Gasteiger partial charge on any atom is 0.315 e. The highest BCUT2D eigenvalue weighted by molar-refractivity contribution is 8.00. The SMILES string of the molecule is CCCNC(C)c1nnc(NCC2(SC)CCC2)o1. The van der Waals surface area contributed by atoms with Crippen molar-refractivity contribution in [3.63, 3.8) is 0 Å². The zero-order valence-electron chi connectivity index (χ0n) is 12.0. The minimum absolute atomic E-state index is 0.112. The Hall–Kier alpha value is -0.750. The summed E-state index contributed by atoms with van der Waals surface area (Å²) >= 11 is 1.94. The molecule has 1 aliphatic carbocycles. The smallest absolute Gasteiger partial charge is 0.315 e. The molecule has 0 spiro atoms. The largest absolute Gasteiger partial charge is 0.406 e. The Morgan fingerprint density at radius 2 is 2.21 bits per heavy atom. The molecule has 1 unspecified atom stereocenters. The molecule has 19 heavy (non-hydrogen) atoms. The molecule has 1 aromatic rings. The number of thioether (sulfide) groups is 1. The lowest BCUT2D eigenvalue weighted by Crippen LogP contribution is -2.40. The van der Waals surface area contributed by atoms with Crippen LogP contribution in [-0.2, 0) is 0 Å². The van der Waals surface area contributed by atoms with Gasteiger partial charge < -0.3 is 15.1 Å². The lowest BCUT2D eigenvalue weighted by molar-refractivity contribution is 0.373. The highest BCUT2D eigenvalue weighted by atomic mass is 32.2. The predicted molar refractivity (Wildman–Crippen MR) is 79.6 cm³/mol. The van der Waals surface area contributed by atoms with Crippen molar-refractivity contribution < 1.29 is 4.42 Å². The monoisotopic (exact) mass is 284 g/mol. The van der Waals surface area contributed by atoms with Gasteiger partial charge in [0.25, 0.3) is 0 Å².